The largest absolute Gasteiger partial charge is 0.417 e. The minimum Gasteiger partial charge on any atom is -0.363 e. The highest BCUT2D eigenvalue weighted by Gasteiger charge is 2.34. The maximum absolute atomic E-state index is 12.5. The van der Waals surface area contributed by atoms with Gasteiger partial charge in [0.05, 0.1) is 12.2 Å². The second kappa shape index (κ2) is 5.75. The first-order chi connectivity index (χ1) is 10.4. The molecule has 1 aromatic rings. The van der Waals surface area contributed by atoms with Crippen molar-refractivity contribution in [3.8, 4) is 0 Å². The van der Waals surface area contributed by atoms with Crippen LogP contribution in [0.3, 0.4) is 0 Å². The Morgan fingerprint density at radius 2 is 2.00 bits per heavy atom. The Balaban J connectivity index is 1.53. The number of rotatable bonds is 3. The third-order valence-corrected chi connectivity index (χ3v) is 3.87. The fourth-order valence-electron chi connectivity index (χ4n) is 2.49. The van der Waals surface area contributed by atoms with Gasteiger partial charge >= 0.3 is 6.18 Å². The normalized spacial score (nSPS) is 22.5. The Morgan fingerprint density at radius 3 is 2.50 bits per heavy atom. The van der Waals surface area contributed by atoms with E-state index in [2.05, 4.69) is 10.3 Å². The van der Waals surface area contributed by atoms with Gasteiger partial charge in [0.25, 0.3) is 5.91 Å². The van der Waals surface area contributed by atoms with Gasteiger partial charge in [-0.05, 0) is 25.0 Å². The van der Waals surface area contributed by atoms with Gasteiger partial charge in [0, 0.05) is 25.3 Å². The highest BCUT2D eigenvalue weighted by molar-refractivity contribution is 5.83. The van der Waals surface area contributed by atoms with Gasteiger partial charge in [-0.1, -0.05) is 0 Å². The number of carbonyl (C=O) groups excluding carboxylic acids is 1. The van der Waals surface area contributed by atoms with Crippen molar-refractivity contribution in [1.29, 1.82) is 0 Å². The summed E-state index contributed by atoms with van der Waals surface area (Å²) in [4.78, 5) is 17.4. The molecular weight excluding hydrogens is 299 g/mol. The summed E-state index contributed by atoms with van der Waals surface area (Å²) in [7, 11) is 0. The van der Waals surface area contributed by atoms with Crippen LogP contribution in [0, 0.1) is 0 Å². The zero-order chi connectivity index (χ0) is 15.7. The molecular formula is C14H16F3N3O2. The van der Waals surface area contributed by atoms with Crippen molar-refractivity contribution >= 4 is 11.7 Å². The van der Waals surface area contributed by atoms with Crippen LogP contribution in [-0.2, 0) is 15.7 Å². The number of alkyl halides is 3. The number of nitrogens with one attached hydrogen (secondary N) is 1. The van der Waals surface area contributed by atoms with Gasteiger partial charge in [-0.2, -0.15) is 13.2 Å². The molecule has 0 saturated carbocycles. The highest BCUT2D eigenvalue weighted by atomic mass is 19.4. The van der Waals surface area contributed by atoms with Gasteiger partial charge in [-0.15, -0.1) is 0 Å². The molecule has 2 fully saturated rings. The topological polar surface area (TPSA) is 57.8 Å². The van der Waals surface area contributed by atoms with Gasteiger partial charge in [-0.25, -0.2) is 4.98 Å². The molecule has 1 N–H and O–H groups in total. The molecule has 0 radical (unpaired) electrons. The van der Waals surface area contributed by atoms with Gasteiger partial charge in [0.15, 0.2) is 6.10 Å². The SMILES string of the molecule is O=C(NC1CCN(c2ccc(C(F)(F)F)cn2)CC1)C1CO1. The van der Waals surface area contributed by atoms with Crippen molar-refractivity contribution in [3.05, 3.63) is 23.9 Å². The molecule has 8 heteroatoms. The molecule has 3 rings (SSSR count). The Bertz CT molecular complexity index is 535. The number of epoxide rings is 1. The van der Waals surface area contributed by atoms with E-state index in [1.165, 1.54) is 6.07 Å². The molecule has 0 bridgehead atoms. The summed E-state index contributed by atoms with van der Waals surface area (Å²) in [6.45, 7) is 1.78. The lowest BCUT2D eigenvalue weighted by Crippen LogP contribution is -2.46. The van der Waals surface area contributed by atoms with Crippen molar-refractivity contribution in [2.75, 3.05) is 24.6 Å². The van der Waals surface area contributed by atoms with E-state index < -0.39 is 11.7 Å². The summed E-state index contributed by atoms with van der Waals surface area (Å²) >= 11 is 0. The van der Waals surface area contributed by atoms with Crippen LogP contribution in [0.1, 0.15) is 18.4 Å². The average Bonchev–Trinajstić information content (AvgIpc) is 3.32. The molecule has 120 valence electrons. The zero-order valence-corrected chi connectivity index (χ0v) is 11.8. The number of ether oxygens (including phenoxy) is 1. The Morgan fingerprint density at radius 1 is 1.32 bits per heavy atom. The lowest BCUT2D eigenvalue weighted by molar-refractivity contribution is -0.137. The molecule has 1 amide bonds. The van der Waals surface area contributed by atoms with Crippen LogP contribution < -0.4 is 10.2 Å². The van der Waals surface area contributed by atoms with Crippen LogP contribution in [0.15, 0.2) is 18.3 Å². The number of anilines is 1. The summed E-state index contributed by atoms with van der Waals surface area (Å²) in [5.41, 5.74) is -0.747. The molecule has 5 nitrogen and oxygen atoms in total. The highest BCUT2D eigenvalue weighted by Crippen LogP contribution is 2.29. The van der Waals surface area contributed by atoms with Crippen LogP contribution in [0.4, 0.5) is 19.0 Å². The monoisotopic (exact) mass is 315 g/mol. The first kappa shape index (κ1) is 15.1. The van der Waals surface area contributed by atoms with Crippen LogP contribution >= 0.6 is 0 Å². The summed E-state index contributed by atoms with van der Waals surface area (Å²) in [5, 5.41) is 2.92. The maximum atomic E-state index is 12.5. The Labute approximate surface area is 125 Å². The number of pyridine rings is 1. The van der Waals surface area contributed by atoms with E-state index in [1.807, 2.05) is 4.90 Å². The van der Waals surface area contributed by atoms with Crippen molar-refractivity contribution in [1.82, 2.24) is 10.3 Å². The third-order valence-electron chi connectivity index (χ3n) is 3.87. The van der Waals surface area contributed by atoms with Gasteiger partial charge in [0.1, 0.15) is 5.82 Å². The number of nitrogens with zero attached hydrogens (tertiary/aromatic N) is 2. The molecule has 0 aromatic carbocycles. The Hall–Kier alpha value is -1.83. The lowest BCUT2D eigenvalue weighted by Gasteiger charge is -2.33. The van der Waals surface area contributed by atoms with E-state index in [0.29, 0.717) is 25.5 Å². The van der Waals surface area contributed by atoms with Crippen LogP contribution in [0.25, 0.3) is 0 Å². The average molecular weight is 315 g/mol. The van der Waals surface area contributed by atoms with Crippen LogP contribution in [-0.4, -0.2) is 42.7 Å². The predicted octanol–water partition coefficient (Wildman–Crippen LogP) is 1.58. The second-order valence-corrected chi connectivity index (χ2v) is 5.49. The number of carbonyl (C=O) groups is 1. The van der Waals surface area contributed by atoms with E-state index in [1.54, 1.807) is 0 Å². The fraction of sp³-hybridized carbons (Fsp3) is 0.571. The summed E-state index contributed by atoms with van der Waals surface area (Å²) in [6.07, 6.45) is -2.33. The number of aromatic nitrogens is 1. The minimum absolute atomic E-state index is 0.0777. The fourth-order valence-corrected chi connectivity index (χ4v) is 2.49. The number of piperidine rings is 1. The molecule has 1 aromatic heterocycles. The lowest BCUT2D eigenvalue weighted by atomic mass is 10.0. The summed E-state index contributed by atoms with van der Waals surface area (Å²) in [5.74, 6) is 0.453. The van der Waals surface area contributed by atoms with Crippen LogP contribution in [0.5, 0.6) is 0 Å². The molecule has 0 aliphatic carbocycles. The molecule has 1 atom stereocenters. The minimum atomic E-state index is -4.37. The summed E-state index contributed by atoms with van der Waals surface area (Å²) in [6, 6.07) is 2.52. The quantitative estimate of drug-likeness (QED) is 0.861. The second-order valence-electron chi connectivity index (χ2n) is 5.49. The first-order valence-corrected chi connectivity index (χ1v) is 7.13. The van der Waals surface area contributed by atoms with Crippen molar-refractivity contribution < 1.29 is 22.7 Å². The number of hydrogen-bond donors (Lipinski definition) is 1. The third kappa shape index (κ3) is 3.49. The van der Waals surface area contributed by atoms with Gasteiger partial charge in [0.2, 0.25) is 0 Å². The van der Waals surface area contributed by atoms with E-state index in [-0.39, 0.29) is 18.1 Å². The maximum Gasteiger partial charge on any atom is 0.417 e. The Kier molecular flexibility index (Phi) is 3.94. The molecule has 2 aliphatic rings. The smallest absolute Gasteiger partial charge is 0.363 e. The van der Waals surface area contributed by atoms with Gasteiger partial charge < -0.3 is 15.0 Å². The number of halogens is 3. The molecule has 1 unspecified atom stereocenters. The first-order valence-electron chi connectivity index (χ1n) is 7.13. The number of amides is 1. The molecule has 0 spiro atoms. The van der Waals surface area contributed by atoms with Crippen molar-refractivity contribution in [2.45, 2.75) is 31.2 Å². The molecule has 2 saturated heterocycles. The molecule has 3 heterocycles. The summed E-state index contributed by atoms with van der Waals surface area (Å²) < 4.78 is 42.4. The van der Waals surface area contributed by atoms with Crippen molar-refractivity contribution in [3.63, 3.8) is 0 Å². The zero-order valence-electron chi connectivity index (χ0n) is 11.8. The van der Waals surface area contributed by atoms with Crippen molar-refractivity contribution in [2.24, 2.45) is 0 Å². The van der Waals surface area contributed by atoms with Gasteiger partial charge in [-0.3, -0.25) is 4.79 Å². The predicted molar refractivity (Wildman–Crippen MR) is 72.4 cm³/mol. The molecule has 2 aliphatic heterocycles. The molecule has 22 heavy (non-hydrogen) atoms. The number of hydrogen-bond acceptors (Lipinski definition) is 4. The van der Waals surface area contributed by atoms with Crippen LogP contribution in [0.2, 0.25) is 0 Å². The van der Waals surface area contributed by atoms with E-state index in [9.17, 15) is 18.0 Å². The van der Waals surface area contributed by atoms with E-state index in [4.69, 9.17) is 4.74 Å². The standard InChI is InChI=1S/C14H16F3N3O2/c15-14(16,17)9-1-2-12(18-7-9)20-5-3-10(4-6-20)19-13(21)11-8-22-11/h1-2,7,10-11H,3-6,8H2,(H,19,21). The van der Waals surface area contributed by atoms with E-state index >= 15 is 0 Å². The van der Waals surface area contributed by atoms with E-state index in [0.717, 1.165) is 25.1 Å².